The predicted molar refractivity (Wildman–Crippen MR) is 82.6 cm³/mol. The van der Waals surface area contributed by atoms with Crippen molar-refractivity contribution in [3.63, 3.8) is 0 Å². The summed E-state index contributed by atoms with van der Waals surface area (Å²) in [6.45, 7) is 2.35. The van der Waals surface area contributed by atoms with E-state index in [0.717, 1.165) is 11.3 Å². The Morgan fingerprint density at radius 1 is 1.10 bits per heavy atom. The zero-order chi connectivity index (χ0) is 15.1. The predicted octanol–water partition coefficient (Wildman–Crippen LogP) is 3.87. The number of carbonyl (C=O) groups excluding carboxylic acids is 1. The molecule has 0 heterocycles. The topological polar surface area (TPSA) is 35.5 Å². The molecule has 0 saturated carbocycles. The van der Waals surface area contributed by atoms with Gasteiger partial charge in [0.15, 0.2) is 5.78 Å². The fraction of sp³-hybridized carbons (Fsp3) is 0.278. The third kappa shape index (κ3) is 4.17. The van der Waals surface area contributed by atoms with Gasteiger partial charge in [0.1, 0.15) is 11.9 Å². The second-order valence-electron chi connectivity index (χ2n) is 4.79. The number of carbonyl (C=O) groups is 1. The summed E-state index contributed by atoms with van der Waals surface area (Å²) in [5.41, 5.74) is 1.68. The summed E-state index contributed by atoms with van der Waals surface area (Å²) < 4.78 is 11.0. The molecule has 2 aromatic rings. The first kappa shape index (κ1) is 15.3. The lowest BCUT2D eigenvalue weighted by molar-refractivity contribution is 0.0326. The molecule has 0 radical (unpaired) electrons. The van der Waals surface area contributed by atoms with Gasteiger partial charge in [0.25, 0.3) is 0 Å². The molecule has 2 aromatic carbocycles. The summed E-state index contributed by atoms with van der Waals surface area (Å²) in [5.74, 6) is 0.819. The molecule has 1 unspecified atom stereocenters. The van der Waals surface area contributed by atoms with Crippen molar-refractivity contribution >= 4 is 5.78 Å². The third-order valence-electron chi connectivity index (χ3n) is 3.31. The molecular weight excluding hydrogens is 264 g/mol. The summed E-state index contributed by atoms with van der Waals surface area (Å²) in [6.07, 6.45) is 0.233. The van der Waals surface area contributed by atoms with Crippen LogP contribution in [0.15, 0.2) is 54.6 Å². The normalized spacial score (nSPS) is 11.9. The van der Waals surface area contributed by atoms with Crippen LogP contribution in [0.2, 0.25) is 0 Å². The zero-order valence-corrected chi connectivity index (χ0v) is 12.4. The lowest BCUT2D eigenvalue weighted by Crippen LogP contribution is -2.23. The molecule has 0 N–H and O–H groups in total. The van der Waals surface area contributed by atoms with Crippen molar-refractivity contribution in [2.75, 3.05) is 7.11 Å². The molecular formula is C18H20O3. The Balaban J connectivity index is 2.01. The van der Waals surface area contributed by atoms with Crippen molar-refractivity contribution in [3.8, 4) is 5.75 Å². The van der Waals surface area contributed by atoms with E-state index in [-0.39, 0.29) is 5.78 Å². The van der Waals surface area contributed by atoms with Gasteiger partial charge in [-0.3, -0.25) is 4.79 Å². The Bertz CT molecular complexity index is 578. The van der Waals surface area contributed by atoms with Gasteiger partial charge in [-0.05, 0) is 24.1 Å². The van der Waals surface area contributed by atoms with Crippen LogP contribution < -0.4 is 4.74 Å². The average Bonchev–Trinajstić information content (AvgIpc) is 2.56. The fourth-order valence-electron chi connectivity index (χ4n) is 2.13. The van der Waals surface area contributed by atoms with Gasteiger partial charge in [-0.25, -0.2) is 0 Å². The van der Waals surface area contributed by atoms with Crippen LogP contribution in [-0.4, -0.2) is 19.0 Å². The summed E-state index contributed by atoms with van der Waals surface area (Å²) in [5, 5.41) is 0. The number of ether oxygens (including phenoxy) is 2. The Hall–Kier alpha value is -2.13. The van der Waals surface area contributed by atoms with E-state index in [4.69, 9.17) is 9.47 Å². The van der Waals surface area contributed by atoms with Gasteiger partial charge in [-0.15, -0.1) is 0 Å². The number of hydrogen-bond acceptors (Lipinski definition) is 3. The van der Waals surface area contributed by atoms with Crippen molar-refractivity contribution in [1.29, 1.82) is 0 Å². The molecule has 0 amide bonds. The SMILES string of the molecule is CCC(OCc1cccc(OC)c1)C(=O)c1ccccc1. The summed E-state index contributed by atoms with van der Waals surface area (Å²) in [4.78, 5) is 12.4. The van der Waals surface area contributed by atoms with E-state index in [1.807, 2.05) is 61.5 Å². The molecule has 2 rings (SSSR count). The molecule has 0 aliphatic heterocycles. The number of ketones is 1. The van der Waals surface area contributed by atoms with Gasteiger partial charge in [0.2, 0.25) is 0 Å². The first-order chi connectivity index (χ1) is 10.2. The highest BCUT2D eigenvalue weighted by atomic mass is 16.5. The van der Waals surface area contributed by atoms with E-state index in [1.165, 1.54) is 0 Å². The van der Waals surface area contributed by atoms with Crippen LogP contribution in [0, 0.1) is 0 Å². The summed E-state index contributed by atoms with van der Waals surface area (Å²) >= 11 is 0. The first-order valence-corrected chi connectivity index (χ1v) is 7.08. The average molecular weight is 284 g/mol. The van der Waals surface area contributed by atoms with E-state index < -0.39 is 6.10 Å². The van der Waals surface area contributed by atoms with Crippen molar-refractivity contribution in [2.24, 2.45) is 0 Å². The Labute approximate surface area is 125 Å². The molecule has 0 aromatic heterocycles. The number of hydrogen-bond donors (Lipinski definition) is 0. The number of benzene rings is 2. The van der Waals surface area contributed by atoms with Gasteiger partial charge >= 0.3 is 0 Å². The van der Waals surface area contributed by atoms with Crippen LogP contribution in [0.5, 0.6) is 5.75 Å². The molecule has 3 nitrogen and oxygen atoms in total. The number of Topliss-reactive ketones (excluding diaryl/α,β-unsaturated/α-hetero) is 1. The maximum absolute atomic E-state index is 12.4. The minimum absolute atomic E-state index is 0.0287. The molecule has 21 heavy (non-hydrogen) atoms. The Kier molecular flexibility index (Phi) is 5.52. The highest BCUT2D eigenvalue weighted by Gasteiger charge is 2.18. The minimum Gasteiger partial charge on any atom is -0.497 e. The van der Waals surface area contributed by atoms with Gasteiger partial charge in [0, 0.05) is 5.56 Å². The van der Waals surface area contributed by atoms with E-state index in [1.54, 1.807) is 7.11 Å². The van der Waals surface area contributed by atoms with Crippen molar-refractivity contribution < 1.29 is 14.3 Å². The van der Waals surface area contributed by atoms with Crippen LogP contribution in [0.3, 0.4) is 0 Å². The number of methoxy groups -OCH3 is 1. The smallest absolute Gasteiger partial charge is 0.191 e. The summed E-state index contributed by atoms with van der Waals surface area (Å²) in [6, 6.07) is 16.9. The van der Waals surface area contributed by atoms with Crippen LogP contribution in [0.25, 0.3) is 0 Å². The van der Waals surface area contributed by atoms with E-state index in [9.17, 15) is 4.79 Å². The lowest BCUT2D eigenvalue weighted by Gasteiger charge is -2.15. The Morgan fingerprint density at radius 2 is 1.86 bits per heavy atom. The standard InChI is InChI=1S/C18H20O3/c1-3-17(18(19)15-9-5-4-6-10-15)21-13-14-8-7-11-16(12-14)20-2/h4-12,17H,3,13H2,1-2H3. The number of rotatable bonds is 7. The van der Waals surface area contributed by atoms with Crippen LogP contribution >= 0.6 is 0 Å². The highest BCUT2D eigenvalue weighted by molar-refractivity contribution is 5.99. The van der Waals surface area contributed by atoms with Gasteiger partial charge in [-0.1, -0.05) is 49.4 Å². The fourth-order valence-corrected chi connectivity index (χ4v) is 2.13. The molecule has 0 spiro atoms. The van der Waals surface area contributed by atoms with E-state index >= 15 is 0 Å². The molecule has 0 saturated heterocycles. The van der Waals surface area contributed by atoms with Crippen LogP contribution in [0.1, 0.15) is 29.3 Å². The second-order valence-corrected chi connectivity index (χ2v) is 4.79. The maximum atomic E-state index is 12.4. The molecule has 3 heteroatoms. The molecule has 1 atom stereocenters. The van der Waals surface area contributed by atoms with Crippen molar-refractivity contribution in [3.05, 3.63) is 65.7 Å². The van der Waals surface area contributed by atoms with E-state index in [2.05, 4.69) is 0 Å². The van der Waals surface area contributed by atoms with Gasteiger partial charge in [-0.2, -0.15) is 0 Å². The maximum Gasteiger partial charge on any atom is 0.191 e. The third-order valence-corrected chi connectivity index (χ3v) is 3.31. The lowest BCUT2D eigenvalue weighted by atomic mass is 10.0. The van der Waals surface area contributed by atoms with Gasteiger partial charge in [0.05, 0.1) is 13.7 Å². The summed E-state index contributed by atoms with van der Waals surface area (Å²) in [7, 11) is 1.63. The van der Waals surface area contributed by atoms with E-state index in [0.29, 0.717) is 18.6 Å². The monoisotopic (exact) mass is 284 g/mol. The first-order valence-electron chi connectivity index (χ1n) is 7.08. The second kappa shape index (κ2) is 7.60. The molecule has 110 valence electrons. The van der Waals surface area contributed by atoms with Crippen LogP contribution in [0.4, 0.5) is 0 Å². The molecule has 0 fully saturated rings. The van der Waals surface area contributed by atoms with Crippen LogP contribution in [-0.2, 0) is 11.3 Å². The zero-order valence-electron chi connectivity index (χ0n) is 12.4. The van der Waals surface area contributed by atoms with Crippen molar-refractivity contribution in [2.45, 2.75) is 26.1 Å². The molecule has 0 aliphatic rings. The van der Waals surface area contributed by atoms with Gasteiger partial charge < -0.3 is 9.47 Å². The minimum atomic E-state index is -0.418. The Morgan fingerprint density at radius 3 is 2.52 bits per heavy atom. The van der Waals surface area contributed by atoms with Crippen molar-refractivity contribution in [1.82, 2.24) is 0 Å². The molecule has 0 aliphatic carbocycles. The highest BCUT2D eigenvalue weighted by Crippen LogP contribution is 2.16. The molecule has 0 bridgehead atoms. The quantitative estimate of drug-likeness (QED) is 0.724. The largest absolute Gasteiger partial charge is 0.497 e.